The number of carbonyl (C=O) groups excluding carboxylic acids is 2. The molecule has 1 aliphatic heterocycles. The SMILES string of the molecule is CCOC(=O)C1=C(c2ccccc2)NC(SCC(=O)Nc2ccc(OC)cc2OC)=C(C#N)C1c1ccccc1Cl. The predicted octanol–water partition coefficient (Wildman–Crippen LogP) is 6.13. The minimum absolute atomic E-state index is 0.0330. The molecule has 0 saturated heterocycles. The fourth-order valence-corrected chi connectivity index (χ4v) is 5.49. The summed E-state index contributed by atoms with van der Waals surface area (Å²) in [6, 6.07) is 23.7. The van der Waals surface area contributed by atoms with Gasteiger partial charge in [0, 0.05) is 11.1 Å². The second-order valence-electron chi connectivity index (χ2n) is 8.71. The Morgan fingerprint density at radius 2 is 1.78 bits per heavy atom. The van der Waals surface area contributed by atoms with Crippen molar-refractivity contribution in [1.29, 1.82) is 5.26 Å². The first kappa shape index (κ1) is 29.6. The van der Waals surface area contributed by atoms with Crippen molar-refractivity contribution in [2.24, 2.45) is 0 Å². The van der Waals surface area contributed by atoms with E-state index in [2.05, 4.69) is 16.7 Å². The topological polar surface area (TPSA) is 110 Å². The fraction of sp³-hybridized carbons (Fsp3) is 0.194. The first-order valence-corrected chi connectivity index (χ1v) is 14.0. The third kappa shape index (κ3) is 6.68. The van der Waals surface area contributed by atoms with Gasteiger partial charge in [-0.2, -0.15) is 5.26 Å². The molecule has 3 aromatic rings. The van der Waals surface area contributed by atoms with Gasteiger partial charge >= 0.3 is 5.97 Å². The molecule has 3 aromatic carbocycles. The van der Waals surface area contributed by atoms with Crippen molar-refractivity contribution < 1.29 is 23.8 Å². The molecule has 2 N–H and O–H groups in total. The minimum Gasteiger partial charge on any atom is -0.497 e. The molecule has 41 heavy (non-hydrogen) atoms. The average molecular weight is 590 g/mol. The molecule has 0 radical (unpaired) electrons. The number of hydrogen-bond donors (Lipinski definition) is 2. The van der Waals surface area contributed by atoms with Gasteiger partial charge in [0.05, 0.1) is 66.1 Å². The number of ether oxygens (including phenoxy) is 3. The van der Waals surface area contributed by atoms with Crippen LogP contribution in [0.5, 0.6) is 11.5 Å². The number of nitrogens with one attached hydrogen (secondary N) is 2. The molecule has 10 heteroatoms. The van der Waals surface area contributed by atoms with Gasteiger partial charge in [-0.25, -0.2) is 4.79 Å². The number of nitrogens with zero attached hydrogens (tertiary/aromatic N) is 1. The van der Waals surface area contributed by atoms with Gasteiger partial charge in [0.25, 0.3) is 0 Å². The van der Waals surface area contributed by atoms with Crippen LogP contribution in [-0.4, -0.2) is 38.5 Å². The molecule has 8 nitrogen and oxygen atoms in total. The standard InChI is InChI=1S/C31H28ClN3O5S/c1-4-40-31(37)28-27(21-12-8-9-13-23(21)32)22(17-33)30(35-29(28)19-10-6-5-7-11-19)41-18-26(36)34-24-15-14-20(38-2)16-25(24)39-3/h5-16,27,35H,4,18H2,1-3H3,(H,34,36). The van der Waals surface area contributed by atoms with E-state index in [4.69, 9.17) is 25.8 Å². The van der Waals surface area contributed by atoms with Crippen molar-refractivity contribution in [3.8, 4) is 17.6 Å². The van der Waals surface area contributed by atoms with E-state index in [-0.39, 0.29) is 29.4 Å². The van der Waals surface area contributed by atoms with E-state index in [0.29, 0.717) is 38.5 Å². The zero-order valence-corrected chi connectivity index (χ0v) is 24.3. The normalized spacial score (nSPS) is 14.6. The van der Waals surface area contributed by atoms with Crippen molar-refractivity contribution in [1.82, 2.24) is 5.32 Å². The molecular formula is C31H28ClN3O5S. The summed E-state index contributed by atoms with van der Waals surface area (Å²) < 4.78 is 16.1. The molecule has 4 rings (SSSR count). The van der Waals surface area contributed by atoms with E-state index in [9.17, 15) is 14.9 Å². The van der Waals surface area contributed by atoms with Crippen LogP contribution in [0.1, 0.15) is 24.0 Å². The summed E-state index contributed by atoms with van der Waals surface area (Å²) in [7, 11) is 3.05. The summed E-state index contributed by atoms with van der Waals surface area (Å²) in [6.07, 6.45) is 0. The number of carbonyl (C=O) groups is 2. The van der Waals surface area contributed by atoms with Crippen LogP contribution in [0.25, 0.3) is 5.70 Å². The van der Waals surface area contributed by atoms with Crippen molar-refractivity contribution in [3.05, 3.63) is 105 Å². The molecular weight excluding hydrogens is 562 g/mol. The summed E-state index contributed by atoms with van der Waals surface area (Å²) in [5.74, 6) is -0.702. The van der Waals surface area contributed by atoms with Gasteiger partial charge in [-0.15, -0.1) is 0 Å². The lowest BCUT2D eigenvalue weighted by Crippen LogP contribution is -2.30. The minimum atomic E-state index is -0.823. The molecule has 210 valence electrons. The Morgan fingerprint density at radius 1 is 1.05 bits per heavy atom. The molecule has 1 heterocycles. The van der Waals surface area contributed by atoms with E-state index < -0.39 is 11.9 Å². The van der Waals surface area contributed by atoms with Crippen LogP contribution >= 0.6 is 23.4 Å². The van der Waals surface area contributed by atoms with Gasteiger partial charge in [0.1, 0.15) is 11.5 Å². The maximum absolute atomic E-state index is 13.4. The third-order valence-corrected chi connectivity index (χ3v) is 7.62. The average Bonchev–Trinajstić information content (AvgIpc) is 3.00. The Kier molecular flexibility index (Phi) is 9.95. The van der Waals surface area contributed by atoms with E-state index in [1.807, 2.05) is 30.3 Å². The Balaban J connectivity index is 1.74. The van der Waals surface area contributed by atoms with Crippen LogP contribution in [0.4, 0.5) is 5.69 Å². The second kappa shape index (κ2) is 13.8. The number of esters is 1. The van der Waals surface area contributed by atoms with Gasteiger partial charge in [-0.3, -0.25) is 4.79 Å². The maximum Gasteiger partial charge on any atom is 0.337 e. The Morgan fingerprint density at radius 3 is 2.44 bits per heavy atom. The van der Waals surface area contributed by atoms with E-state index in [1.54, 1.807) is 56.5 Å². The lowest BCUT2D eigenvalue weighted by molar-refractivity contribution is -0.138. The summed E-state index contributed by atoms with van der Waals surface area (Å²) in [5.41, 5.74) is 2.77. The van der Waals surface area contributed by atoms with Crippen molar-refractivity contribution >= 4 is 46.6 Å². The summed E-state index contributed by atoms with van der Waals surface area (Å²) in [5, 5.41) is 17.3. The Bertz CT molecular complexity index is 1550. The largest absolute Gasteiger partial charge is 0.497 e. The lowest BCUT2D eigenvalue weighted by Gasteiger charge is -2.31. The van der Waals surface area contributed by atoms with Crippen LogP contribution in [0, 0.1) is 11.3 Å². The number of rotatable bonds is 10. The van der Waals surface area contributed by atoms with E-state index in [0.717, 1.165) is 17.3 Å². The highest BCUT2D eigenvalue weighted by atomic mass is 35.5. The number of anilines is 1. The second-order valence-corrected chi connectivity index (χ2v) is 10.1. The van der Waals surface area contributed by atoms with Gasteiger partial charge in [0.15, 0.2) is 0 Å². The number of dihydropyridines is 1. The lowest BCUT2D eigenvalue weighted by atomic mass is 9.81. The Labute approximate surface area is 247 Å². The quantitative estimate of drug-likeness (QED) is 0.272. The number of thioether (sulfide) groups is 1. The number of amides is 1. The molecule has 0 bridgehead atoms. The van der Waals surface area contributed by atoms with Crippen LogP contribution in [-0.2, 0) is 14.3 Å². The smallest absolute Gasteiger partial charge is 0.337 e. The van der Waals surface area contributed by atoms with Crippen molar-refractivity contribution in [3.63, 3.8) is 0 Å². The monoisotopic (exact) mass is 589 g/mol. The van der Waals surface area contributed by atoms with Gasteiger partial charge in [-0.1, -0.05) is 71.9 Å². The molecule has 0 aromatic heterocycles. The zero-order valence-electron chi connectivity index (χ0n) is 22.7. The van der Waals surface area contributed by atoms with E-state index >= 15 is 0 Å². The maximum atomic E-state index is 13.4. The highest BCUT2D eigenvalue weighted by molar-refractivity contribution is 8.03. The first-order chi connectivity index (χ1) is 19.9. The third-order valence-electron chi connectivity index (χ3n) is 6.25. The van der Waals surface area contributed by atoms with Crippen LogP contribution in [0.3, 0.4) is 0 Å². The van der Waals surface area contributed by atoms with Gasteiger partial charge in [-0.05, 0) is 36.2 Å². The highest BCUT2D eigenvalue weighted by Gasteiger charge is 2.38. The number of benzene rings is 3. The molecule has 1 amide bonds. The number of methoxy groups -OCH3 is 2. The molecule has 1 atom stereocenters. The van der Waals surface area contributed by atoms with Crippen LogP contribution in [0.2, 0.25) is 5.02 Å². The number of nitriles is 1. The summed E-state index contributed by atoms with van der Waals surface area (Å²) in [6.45, 7) is 1.88. The summed E-state index contributed by atoms with van der Waals surface area (Å²) >= 11 is 7.76. The van der Waals surface area contributed by atoms with Gasteiger partial charge < -0.3 is 24.8 Å². The number of hydrogen-bond acceptors (Lipinski definition) is 8. The molecule has 1 unspecified atom stereocenters. The fourth-order valence-electron chi connectivity index (χ4n) is 4.40. The molecule has 0 fully saturated rings. The molecule has 1 aliphatic rings. The predicted molar refractivity (Wildman–Crippen MR) is 161 cm³/mol. The number of halogens is 1. The molecule has 0 spiro atoms. The van der Waals surface area contributed by atoms with Crippen LogP contribution < -0.4 is 20.1 Å². The molecule has 0 aliphatic carbocycles. The first-order valence-electron chi connectivity index (χ1n) is 12.7. The number of allylic oxidation sites excluding steroid dienone is 1. The van der Waals surface area contributed by atoms with Crippen molar-refractivity contribution in [2.45, 2.75) is 12.8 Å². The van der Waals surface area contributed by atoms with Gasteiger partial charge in [0.2, 0.25) is 5.91 Å². The zero-order chi connectivity index (χ0) is 29.4. The van der Waals surface area contributed by atoms with Crippen LogP contribution in [0.15, 0.2) is 89.0 Å². The van der Waals surface area contributed by atoms with E-state index in [1.165, 1.54) is 7.11 Å². The molecule has 0 saturated carbocycles. The highest BCUT2D eigenvalue weighted by Crippen LogP contribution is 2.45. The Hall–Kier alpha value is -4.39. The summed E-state index contributed by atoms with van der Waals surface area (Å²) in [4.78, 5) is 26.5. The van der Waals surface area contributed by atoms with Crippen molar-refractivity contribution in [2.75, 3.05) is 31.9 Å².